The second-order valence-corrected chi connectivity index (χ2v) is 22.1. The fourth-order valence-electron chi connectivity index (χ4n) is 11.4. The molecule has 0 spiro atoms. The van der Waals surface area contributed by atoms with E-state index in [1.54, 1.807) is 12.1 Å². The third-order valence-corrected chi connectivity index (χ3v) is 15.9. The molecule has 18 aromatic rings. The van der Waals surface area contributed by atoms with E-state index in [9.17, 15) is 19.2 Å². The highest BCUT2D eigenvalue weighted by atomic mass is 15.1. The van der Waals surface area contributed by atoms with Crippen molar-refractivity contribution in [1.82, 2.24) is 9.13 Å². The minimum Gasteiger partial charge on any atom is -0.336 e. The van der Waals surface area contributed by atoms with E-state index in [0.29, 0.717) is 16.3 Å². The second kappa shape index (κ2) is 28.3. The van der Waals surface area contributed by atoms with Gasteiger partial charge in [0, 0.05) is 90.8 Å². The first kappa shape index (κ1) is 27.8. The Bertz CT molecular complexity index is 9050. The molecule has 0 bridgehead atoms. The predicted molar refractivity (Wildman–Crippen MR) is 432 cm³/mol. The van der Waals surface area contributed by atoms with Gasteiger partial charge in [0.1, 0.15) is 0 Å². The molecule has 0 fully saturated rings. The normalized spacial score (nSPS) is 18.4. The summed E-state index contributed by atoms with van der Waals surface area (Å²) in [5.41, 5.74) is -9.42. The second-order valence-electron chi connectivity index (χ2n) is 22.1. The maximum atomic E-state index is 9.77. The minimum atomic E-state index is -1.31. The molecule has 0 aliphatic carbocycles. The van der Waals surface area contributed by atoms with E-state index in [4.69, 9.17) is 52.1 Å². The summed E-state index contributed by atoms with van der Waals surface area (Å²) in [7, 11) is 0. The van der Waals surface area contributed by atoms with Gasteiger partial charge < -0.3 is 18.9 Å². The first-order valence-electron chi connectivity index (χ1n) is 56.9. The fourth-order valence-corrected chi connectivity index (χ4v) is 11.4. The smallest absolute Gasteiger partial charge is 0.0651 e. The van der Waals surface area contributed by atoms with Crippen molar-refractivity contribution in [3.63, 3.8) is 0 Å². The Morgan fingerprint density at radius 2 is 0.618 bits per heavy atom. The van der Waals surface area contributed by atoms with Gasteiger partial charge in [-0.1, -0.05) is 290 Å². The van der Waals surface area contributed by atoms with Crippen LogP contribution in [0, 0.1) is 0 Å². The number of hydrogen-bond acceptors (Lipinski definition) is 2. The van der Waals surface area contributed by atoms with Gasteiger partial charge in [-0.15, -0.1) is 0 Å². The summed E-state index contributed by atoms with van der Waals surface area (Å²) in [6.45, 7) is -0.484. The van der Waals surface area contributed by atoms with Crippen LogP contribution in [0.1, 0.15) is 82.4 Å². The summed E-state index contributed by atoms with van der Waals surface area (Å²) in [6.07, 6.45) is 0. The predicted octanol–water partition coefficient (Wildman–Crippen LogP) is 26.6. The van der Waals surface area contributed by atoms with Crippen LogP contribution in [0.5, 0.6) is 0 Å². The Morgan fingerprint density at radius 1 is 0.206 bits per heavy atom. The van der Waals surface area contributed by atoms with E-state index in [-0.39, 0.29) is 11.1 Å². The topological polar surface area (TPSA) is 16.3 Å². The third kappa shape index (κ3) is 12.8. The minimum absolute atomic E-state index is 0.177. The van der Waals surface area contributed by atoms with Crippen LogP contribution >= 0.6 is 0 Å². The molecule has 16 aromatic carbocycles. The van der Waals surface area contributed by atoms with Crippen LogP contribution in [-0.4, -0.2) is 9.13 Å². The molecule has 18 rings (SSSR count). The molecular formula is C98H72N4. The van der Waals surface area contributed by atoms with Crippen molar-refractivity contribution in [2.24, 2.45) is 0 Å². The molecule has 0 saturated heterocycles. The number of aromatic nitrogens is 2. The van der Waals surface area contributed by atoms with Crippen LogP contribution in [0.25, 0.3) is 110 Å². The molecule has 4 nitrogen and oxygen atoms in total. The molecule has 4 heteroatoms. The lowest BCUT2D eigenvalue weighted by molar-refractivity contribution is 0.869. The van der Waals surface area contributed by atoms with Gasteiger partial charge in [-0.05, 0) is 199 Å². The van der Waals surface area contributed by atoms with Gasteiger partial charge >= 0.3 is 0 Å². The summed E-state index contributed by atoms with van der Waals surface area (Å²) >= 11 is 0. The van der Waals surface area contributed by atoms with E-state index in [0.717, 1.165) is 43.1 Å². The van der Waals surface area contributed by atoms with Gasteiger partial charge in [-0.2, -0.15) is 0 Å². The third-order valence-electron chi connectivity index (χ3n) is 15.9. The largest absolute Gasteiger partial charge is 0.336 e. The molecule has 2 heterocycles. The lowest BCUT2D eigenvalue weighted by atomic mass is 10.0. The lowest BCUT2D eigenvalue weighted by Crippen LogP contribution is -2.09. The number of para-hydroxylation sites is 4. The number of fused-ring (bicyclic) bond motifs is 6. The highest BCUT2D eigenvalue weighted by molar-refractivity contribution is 6.10. The van der Waals surface area contributed by atoms with Crippen LogP contribution in [-0.2, 0) is 13.1 Å². The van der Waals surface area contributed by atoms with Crippen LogP contribution < -0.4 is 9.80 Å². The average Bonchev–Trinajstić information content (AvgIpc) is 1.52. The standard InChI is InChI=1S/2C49H36N2/c2*1-4-15-37(16-5-1)40-19-12-14-36(32-40)35-50-48-25-11-10-24-46(48)47-34-42(28-31-49(47)50)39-26-29-44(30-27-39)51(43-21-8-3-9-22-43)45-23-13-20-41(33-45)38-17-6-2-7-18-38/h2*1-34H,35H2/i1D,2D,3D,4D,5D,6D,7D,8D,9D,10D,11D,12D,13D,14D,15D,16D,17D,18D,19D,20D,21D,22D,23D,24D,25D,26D,27D,28D,29D,30D,31D,32D,33D,34D;2D,3D,6D,7D,8D,9D,13D,17D,18D,20D,21D,22D,23D,26D,27D,29D,30D,33D. The Hall–Kier alpha value is -13.3. The van der Waals surface area contributed by atoms with Gasteiger partial charge in [0.2, 0.25) is 0 Å². The molecule has 2 aromatic heterocycles. The Balaban J connectivity index is 0.000000213. The Morgan fingerprint density at radius 3 is 1.23 bits per heavy atom. The highest BCUT2D eigenvalue weighted by Crippen LogP contribution is 2.42. The highest BCUT2D eigenvalue weighted by Gasteiger charge is 2.19. The maximum Gasteiger partial charge on any atom is 0.0651 e. The van der Waals surface area contributed by atoms with Crippen LogP contribution in [0.2, 0.25) is 0 Å². The molecule has 0 aliphatic heterocycles. The van der Waals surface area contributed by atoms with Gasteiger partial charge in [-0.3, -0.25) is 0 Å². The zero-order valence-corrected chi connectivity index (χ0v) is 52.4. The van der Waals surface area contributed by atoms with Crippen molar-refractivity contribution in [1.29, 1.82) is 0 Å². The van der Waals surface area contributed by atoms with Crippen LogP contribution in [0.4, 0.5) is 34.1 Å². The lowest BCUT2D eigenvalue weighted by Gasteiger charge is -2.26. The van der Waals surface area contributed by atoms with E-state index in [2.05, 4.69) is 10.6 Å². The molecule has 0 radical (unpaired) electrons. The molecule has 0 amide bonds. The van der Waals surface area contributed by atoms with Crippen molar-refractivity contribution in [3.8, 4) is 66.8 Å². The van der Waals surface area contributed by atoms with Gasteiger partial charge in [0.15, 0.2) is 0 Å². The Kier molecular flexibility index (Phi) is 7.71. The number of rotatable bonds is 16. The summed E-state index contributed by atoms with van der Waals surface area (Å²) in [5, 5.41) is 0.359. The van der Waals surface area contributed by atoms with Gasteiger partial charge in [0.25, 0.3) is 0 Å². The van der Waals surface area contributed by atoms with E-state index in [1.807, 2.05) is 78.9 Å². The molecular weight excluding hydrogens is 1230 g/mol. The van der Waals surface area contributed by atoms with Crippen molar-refractivity contribution < 1.29 is 71.3 Å². The molecule has 0 unspecified atom stereocenters. The fraction of sp³-hybridized carbons (Fsp3) is 0.0204. The molecule has 0 atom stereocenters. The summed E-state index contributed by atoms with van der Waals surface area (Å²) in [6, 6.07) is -19.6. The van der Waals surface area contributed by atoms with E-state index < -0.39 is 427 Å². The molecule has 0 saturated carbocycles. The Labute approximate surface area is 669 Å². The zero-order valence-electron chi connectivity index (χ0n) is 104. The molecule has 484 valence electrons. The monoisotopic (exact) mass is 1360 g/mol. The van der Waals surface area contributed by atoms with E-state index >= 15 is 0 Å². The number of benzene rings is 16. The van der Waals surface area contributed by atoms with Gasteiger partial charge in [0.05, 0.1) is 71.3 Å². The van der Waals surface area contributed by atoms with Crippen LogP contribution in [0.3, 0.4) is 0 Å². The first-order valence-corrected chi connectivity index (χ1v) is 30.9. The average molecular weight is 1360 g/mol. The maximum absolute atomic E-state index is 9.77. The van der Waals surface area contributed by atoms with Crippen molar-refractivity contribution >= 4 is 77.7 Å². The first-order chi connectivity index (χ1) is 72.2. The summed E-state index contributed by atoms with van der Waals surface area (Å²) in [4.78, 5) is 0.882. The SMILES string of the molecule is [2H]c1c([2H])c([2H])c(-c2c([2H])c([2H])c([2H])c(Cn3c4c([2H])c([2H])c([2H])c([2H])c4c4c([2H])c(-c5c([2H])c([2H])c(N(c6c([2H])c([2H])c([2H])c([2H])c6[2H])c6c([2H])c([2H])c([2H])c(-c7c([2H])c([2H])c([2H])c([2H])c7[2H])c6[2H])c([2H])c5[2H])c([2H])c([2H])c43)c2[2H])c([2H])c1[2H].[2H]c1c([2H])c([2H])c(-c2c([2H])c([2H])c([2H])c(N(c3c([2H])c([2H])c([2H])c([2H])c3[2H])c3c([2H])c([2H])c(-c4ccc5c(c4)c4ccccc4n5Cc4cccc(-c5ccccc5)c4)c([2H])c3[2H])c2[2H])c([2H])c1[2H]. The summed E-state index contributed by atoms with van der Waals surface area (Å²) < 4.78 is 465. The van der Waals surface area contributed by atoms with Crippen LogP contribution in [0.15, 0.2) is 411 Å². The van der Waals surface area contributed by atoms with Crippen molar-refractivity contribution in [2.45, 2.75) is 13.1 Å². The quantitative estimate of drug-likeness (QED) is 0.0959. The van der Waals surface area contributed by atoms with Crippen molar-refractivity contribution in [2.75, 3.05) is 9.80 Å². The molecule has 0 N–H and O–H groups in total. The van der Waals surface area contributed by atoms with Crippen molar-refractivity contribution in [3.05, 3.63) is 422 Å². The molecule has 102 heavy (non-hydrogen) atoms. The van der Waals surface area contributed by atoms with E-state index in [1.165, 1.54) is 0 Å². The number of nitrogens with zero attached hydrogens (tertiary/aromatic N) is 4. The molecule has 0 aliphatic rings. The van der Waals surface area contributed by atoms with Gasteiger partial charge in [-0.25, -0.2) is 0 Å². The zero-order chi connectivity index (χ0) is 113. The summed E-state index contributed by atoms with van der Waals surface area (Å²) in [5.74, 6) is 0. The number of hydrogen-bond donors (Lipinski definition) is 0. The number of anilines is 6.